The van der Waals surface area contributed by atoms with Crippen LogP contribution >= 0.6 is 0 Å². The lowest BCUT2D eigenvalue weighted by molar-refractivity contribution is -0.142. The van der Waals surface area contributed by atoms with E-state index in [0.717, 1.165) is 5.56 Å². The van der Waals surface area contributed by atoms with Crippen molar-refractivity contribution in [3.8, 4) is 23.0 Å². The first-order chi connectivity index (χ1) is 14.9. The van der Waals surface area contributed by atoms with Crippen LogP contribution in [0, 0.1) is 0 Å². The van der Waals surface area contributed by atoms with Crippen LogP contribution in [-0.2, 0) is 16.1 Å². The van der Waals surface area contributed by atoms with Gasteiger partial charge in [0.15, 0.2) is 6.61 Å². The quantitative estimate of drug-likeness (QED) is 0.590. The van der Waals surface area contributed by atoms with Crippen molar-refractivity contribution >= 4 is 11.8 Å². The smallest absolute Gasteiger partial charge is 0.261 e. The molecule has 0 aliphatic rings. The number of rotatable bonds is 11. The van der Waals surface area contributed by atoms with Gasteiger partial charge in [0.1, 0.15) is 29.0 Å². The zero-order valence-electron chi connectivity index (χ0n) is 18.6. The van der Waals surface area contributed by atoms with Gasteiger partial charge in [-0.15, -0.1) is 0 Å². The van der Waals surface area contributed by atoms with Gasteiger partial charge in [0.25, 0.3) is 5.91 Å². The Morgan fingerprint density at radius 1 is 0.935 bits per heavy atom. The average Bonchev–Trinajstić information content (AvgIpc) is 2.81. The fourth-order valence-electron chi connectivity index (χ4n) is 3.15. The third-order valence-electron chi connectivity index (χ3n) is 4.81. The van der Waals surface area contributed by atoms with Crippen molar-refractivity contribution in [2.45, 2.75) is 25.9 Å². The Balaban J connectivity index is 2.24. The molecule has 0 aromatic heterocycles. The van der Waals surface area contributed by atoms with Crippen LogP contribution in [0.3, 0.4) is 0 Å². The minimum absolute atomic E-state index is 0.234. The molecule has 2 aromatic carbocycles. The lowest BCUT2D eigenvalue weighted by atomic mass is 10.1. The maximum atomic E-state index is 13.1. The molecule has 1 atom stereocenters. The van der Waals surface area contributed by atoms with E-state index in [1.165, 1.54) is 19.1 Å². The summed E-state index contributed by atoms with van der Waals surface area (Å²) in [5, 5.41) is 2.63. The van der Waals surface area contributed by atoms with Gasteiger partial charge < -0.3 is 29.2 Å². The van der Waals surface area contributed by atoms with Crippen molar-refractivity contribution in [1.29, 1.82) is 0 Å². The topological polar surface area (TPSA) is 86.3 Å². The summed E-state index contributed by atoms with van der Waals surface area (Å²) in [5.41, 5.74) is 0.845. The highest BCUT2D eigenvalue weighted by Crippen LogP contribution is 2.27. The number of methoxy groups -OCH3 is 3. The Morgan fingerprint density at radius 3 is 2.10 bits per heavy atom. The van der Waals surface area contributed by atoms with Crippen molar-refractivity contribution in [2.75, 3.05) is 35.0 Å². The molecule has 0 unspecified atom stereocenters. The number of carbonyl (C=O) groups excluding carboxylic acids is 2. The van der Waals surface area contributed by atoms with Crippen LogP contribution < -0.4 is 24.3 Å². The molecular formula is C23H30N2O6. The van der Waals surface area contributed by atoms with Crippen molar-refractivity contribution in [2.24, 2.45) is 0 Å². The van der Waals surface area contributed by atoms with Crippen LogP contribution in [0.25, 0.3) is 0 Å². The monoisotopic (exact) mass is 430 g/mol. The van der Waals surface area contributed by atoms with Crippen LogP contribution in [0.1, 0.15) is 18.9 Å². The van der Waals surface area contributed by atoms with Crippen LogP contribution in [0.4, 0.5) is 0 Å². The summed E-state index contributed by atoms with van der Waals surface area (Å²) in [7, 11) is 6.21. The van der Waals surface area contributed by atoms with E-state index in [4.69, 9.17) is 18.9 Å². The number of carbonyl (C=O) groups is 2. The summed E-state index contributed by atoms with van der Waals surface area (Å²) in [6.07, 6.45) is 0.461. The van der Waals surface area contributed by atoms with E-state index < -0.39 is 6.04 Å². The van der Waals surface area contributed by atoms with Gasteiger partial charge in [-0.1, -0.05) is 19.1 Å². The molecule has 0 bridgehead atoms. The van der Waals surface area contributed by atoms with E-state index in [2.05, 4.69) is 5.32 Å². The van der Waals surface area contributed by atoms with Crippen molar-refractivity contribution in [1.82, 2.24) is 10.2 Å². The van der Waals surface area contributed by atoms with Crippen LogP contribution in [0.15, 0.2) is 42.5 Å². The SMILES string of the molecule is CC[C@@H](C(=O)NC)N(Cc1cccc(OC)c1)C(=O)COc1cc(OC)cc(OC)c1. The van der Waals surface area contributed by atoms with E-state index in [1.54, 1.807) is 32.4 Å². The minimum atomic E-state index is -0.632. The summed E-state index contributed by atoms with van der Waals surface area (Å²) in [6.45, 7) is 1.86. The second-order valence-electron chi connectivity index (χ2n) is 6.75. The number of hydrogen-bond acceptors (Lipinski definition) is 6. The molecule has 2 amide bonds. The van der Waals surface area contributed by atoms with Crippen LogP contribution in [-0.4, -0.2) is 57.7 Å². The molecular weight excluding hydrogens is 400 g/mol. The zero-order chi connectivity index (χ0) is 22.8. The number of nitrogens with one attached hydrogen (secondary N) is 1. The molecule has 0 saturated carbocycles. The first kappa shape index (κ1) is 23.9. The third-order valence-corrected chi connectivity index (χ3v) is 4.81. The van der Waals surface area contributed by atoms with Gasteiger partial charge in [-0.05, 0) is 24.1 Å². The highest BCUT2D eigenvalue weighted by atomic mass is 16.5. The number of likely N-dealkylation sites (N-methyl/N-ethyl adjacent to an activating group) is 1. The van der Waals surface area contributed by atoms with Gasteiger partial charge in [0, 0.05) is 31.8 Å². The molecule has 0 heterocycles. The molecule has 8 heteroatoms. The molecule has 31 heavy (non-hydrogen) atoms. The molecule has 2 aromatic rings. The molecule has 2 rings (SSSR count). The van der Waals surface area contributed by atoms with Crippen LogP contribution in [0.5, 0.6) is 23.0 Å². The minimum Gasteiger partial charge on any atom is -0.497 e. The first-order valence-corrected chi connectivity index (χ1v) is 9.95. The molecule has 168 valence electrons. The molecule has 0 saturated heterocycles. The van der Waals surface area contributed by atoms with E-state index in [1.807, 2.05) is 31.2 Å². The van der Waals surface area contributed by atoms with Gasteiger partial charge in [0.2, 0.25) is 5.91 Å². The predicted octanol–water partition coefficient (Wildman–Crippen LogP) is 2.64. The number of nitrogens with zero attached hydrogens (tertiary/aromatic N) is 1. The maximum Gasteiger partial charge on any atom is 0.261 e. The molecule has 0 fully saturated rings. The fraction of sp³-hybridized carbons (Fsp3) is 0.391. The normalized spacial score (nSPS) is 11.3. The Kier molecular flexibility index (Phi) is 8.99. The lowest BCUT2D eigenvalue weighted by Gasteiger charge is -2.30. The molecule has 0 aliphatic carbocycles. The number of hydrogen-bond donors (Lipinski definition) is 1. The Hall–Kier alpha value is -3.42. The summed E-state index contributed by atoms with van der Waals surface area (Å²) >= 11 is 0. The molecule has 8 nitrogen and oxygen atoms in total. The summed E-state index contributed by atoms with van der Waals surface area (Å²) < 4.78 is 21.5. The summed E-state index contributed by atoms with van der Waals surface area (Å²) in [6, 6.07) is 11.8. The van der Waals surface area contributed by atoms with Crippen molar-refractivity contribution < 1.29 is 28.5 Å². The van der Waals surface area contributed by atoms with E-state index in [9.17, 15) is 9.59 Å². The lowest BCUT2D eigenvalue weighted by Crippen LogP contribution is -2.49. The largest absolute Gasteiger partial charge is 0.497 e. The zero-order valence-corrected chi connectivity index (χ0v) is 18.6. The number of amides is 2. The van der Waals surface area contributed by atoms with Gasteiger partial charge >= 0.3 is 0 Å². The summed E-state index contributed by atoms with van der Waals surface area (Å²) in [5.74, 6) is 1.65. The Bertz CT molecular complexity index is 864. The van der Waals surface area contributed by atoms with E-state index >= 15 is 0 Å². The second-order valence-corrected chi connectivity index (χ2v) is 6.75. The molecule has 0 aliphatic heterocycles. The van der Waals surface area contributed by atoms with E-state index in [-0.39, 0.29) is 25.0 Å². The average molecular weight is 431 g/mol. The Labute approximate surface area is 183 Å². The van der Waals surface area contributed by atoms with Crippen molar-refractivity contribution in [3.05, 3.63) is 48.0 Å². The Morgan fingerprint density at radius 2 is 1.55 bits per heavy atom. The van der Waals surface area contributed by atoms with E-state index in [0.29, 0.717) is 29.4 Å². The number of ether oxygens (including phenoxy) is 4. The second kappa shape index (κ2) is 11.7. The van der Waals surface area contributed by atoms with Crippen molar-refractivity contribution in [3.63, 3.8) is 0 Å². The fourth-order valence-corrected chi connectivity index (χ4v) is 3.15. The number of benzene rings is 2. The molecule has 0 radical (unpaired) electrons. The van der Waals surface area contributed by atoms with Gasteiger partial charge in [-0.3, -0.25) is 9.59 Å². The molecule has 1 N–H and O–H groups in total. The van der Waals surface area contributed by atoms with Gasteiger partial charge in [-0.2, -0.15) is 0 Å². The molecule has 0 spiro atoms. The van der Waals surface area contributed by atoms with Crippen LogP contribution in [0.2, 0.25) is 0 Å². The van der Waals surface area contributed by atoms with Gasteiger partial charge in [0.05, 0.1) is 21.3 Å². The standard InChI is InChI=1S/C23H30N2O6/c1-6-21(23(27)24-2)25(14-16-8-7-9-17(10-16)28-3)22(26)15-31-20-12-18(29-4)11-19(13-20)30-5/h7-13,21H,6,14-15H2,1-5H3,(H,24,27)/t21-/m0/s1. The highest BCUT2D eigenvalue weighted by Gasteiger charge is 2.28. The summed E-state index contributed by atoms with van der Waals surface area (Å²) in [4.78, 5) is 27.1. The maximum absolute atomic E-state index is 13.1. The predicted molar refractivity (Wildman–Crippen MR) is 117 cm³/mol. The highest BCUT2D eigenvalue weighted by molar-refractivity contribution is 5.88. The first-order valence-electron chi connectivity index (χ1n) is 9.95. The van der Waals surface area contributed by atoms with Gasteiger partial charge in [-0.25, -0.2) is 0 Å². The third kappa shape index (κ3) is 6.53.